The molecule has 70 valence electrons. The SMILES string of the molecule is Cc1ccc2c(c1)NCC2CCN. The summed E-state index contributed by atoms with van der Waals surface area (Å²) in [6.07, 6.45) is 1.09. The lowest BCUT2D eigenvalue weighted by atomic mass is 9.97. The van der Waals surface area contributed by atoms with Crippen molar-refractivity contribution in [2.24, 2.45) is 5.73 Å². The summed E-state index contributed by atoms with van der Waals surface area (Å²) in [7, 11) is 0. The summed E-state index contributed by atoms with van der Waals surface area (Å²) in [6, 6.07) is 6.62. The number of aryl methyl sites for hydroxylation is 1. The van der Waals surface area contributed by atoms with E-state index in [9.17, 15) is 0 Å². The highest BCUT2D eigenvalue weighted by Gasteiger charge is 2.20. The molecule has 13 heavy (non-hydrogen) atoms. The molecule has 2 nitrogen and oxygen atoms in total. The molecule has 1 aromatic carbocycles. The van der Waals surface area contributed by atoms with Crippen LogP contribution in [0.3, 0.4) is 0 Å². The van der Waals surface area contributed by atoms with Crippen LogP contribution < -0.4 is 11.1 Å². The fourth-order valence-electron chi connectivity index (χ4n) is 1.98. The van der Waals surface area contributed by atoms with Crippen LogP contribution in [-0.4, -0.2) is 13.1 Å². The first-order valence-corrected chi connectivity index (χ1v) is 4.86. The molecule has 1 aliphatic heterocycles. The maximum Gasteiger partial charge on any atom is 0.0379 e. The molecule has 1 atom stereocenters. The Hall–Kier alpha value is -1.02. The van der Waals surface area contributed by atoms with E-state index in [4.69, 9.17) is 5.73 Å². The van der Waals surface area contributed by atoms with Gasteiger partial charge in [-0.1, -0.05) is 12.1 Å². The molecule has 0 radical (unpaired) electrons. The van der Waals surface area contributed by atoms with Crippen molar-refractivity contribution in [3.05, 3.63) is 29.3 Å². The minimum absolute atomic E-state index is 0.626. The first-order chi connectivity index (χ1) is 6.31. The van der Waals surface area contributed by atoms with Crippen molar-refractivity contribution in [2.45, 2.75) is 19.3 Å². The third-order valence-corrected chi connectivity index (χ3v) is 2.70. The summed E-state index contributed by atoms with van der Waals surface area (Å²) in [5, 5.41) is 3.42. The van der Waals surface area contributed by atoms with Gasteiger partial charge in [0, 0.05) is 18.2 Å². The molecule has 1 aliphatic rings. The number of benzene rings is 1. The highest BCUT2D eigenvalue weighted by atomic mass is 14.9. The number of rotatable bonds is 2. The van der Waals surface area contributed by atoms with Crippen LogP contribution in [0.25, 0.3) is 0 Å². The Morgan fingerprint density at radius 2 is 2.38 bits per heavy atom. The molecule has 0 aliphatic carbocycles. The van der Waals surface area contributed by atoms with Gasteiger partial charge >= 0.3 is 0 Å². The van der Waals surface area contributed by atoms with Crippen molar-refractivity contribution in [1.82, 2.24) is 0 Å². The fraction of sp³-hybridized carbons (Fsp3) is 0.455. The minimum atomic E-state index is 0.626. The molecular weight excluding hydrogens is 160 g/mol. The topological polar surface area (TPSA) is 38.0 Å². The van der Waals surface area contributed by atoms with Gasteiger partial charge in [0.1, 0.15) is 0 Å². The van der Waals surface area contributed by atoms with Crippen molar-refractivity contribution in [3.8, 4) is 0 Å². The van der Waals surface area contributed by atoms with Crippen molar-refractivity contribution < 1.29 is 0 Å². The van der Waals surface area contributed by atoms with Crippen LogP contribution in [0.15, 0.2) is 18.2 Å². The van der Waals surface area contributed by atoms with Crippen molar-refractivity contribution in [2.75, 3.05) is 18.4 Å². The standard InChI is InChI=1S/C11H16N2/c1-8-2-3-10-9(4-5-12)7-13-11(10)6-8/h2-3,6,9,13H,4-5,7,12H2,1H3. The Kier molecular flexibility index (Phi) is 2.23. The summed E-state index contributed by atoms with van der Waals surface area (Å²) in [5.74, 6) is 0.626. The summed E-state index contributed by atoms with van der Waals surface area (Å²) in [5.41, 5.74) is 9.63. The smallest absolute Gasteiger partial charge is 0.0379 e. The molecule has 1 heterocycles. The van der Waals surface area contributed by atoms with Crippen molar-refractivity contribution in [1.29, 1.82) is 0 Å². The zero-order valence-corrected chi connectivity index (χ0v) is 8.01. The van der Waals surface area contributed by atoms with Crippen LogP contribution in [-0.2, 0) is 0 Å². The summed E-state index contributed by atoms with van der Waals surface area (Å²) >= 11 is 0. The largest absolute Gasteiger partial charge is 0.384 e. The van der Waals surface area contributed by atoms with Crippen LogP contribution in [0.4, 0.5) is 5.69 Å². The molecule has 0 fully saturated rings. The van der Waals surface area contributed by atoms with E-state index in [0.29, 0.717) is 5.92 Å². The molecule has 1 unspecified atom stereocenters. The second-order valence-corrected chi connectivity index (χ2v) is 3.75. The van der Waals surface area contributed by atoms with Gasteiger partial charge in [0.2, 0.25) is 0 Å². The van der Waals surface area contributed by atoms with E-state index >= 15 is 0 Å². The molecule has 0 saturated carbocycles. The van der Waals surface area contributed by atoms with Gasteiger partial charge in [-0.05, 0) is 37.1 Å². The molecule has 3 N–H and O–H groups in total. The maximum absolute atomic E-state index is 5.57. The van der Waals surface area contributed by atoms with Crippen LogP contribution in [0.5, 0.6) is 0 Å². The average molecular weight is 176 g/mol. The summed E-state index contributed by atoms with van der Waals surface area (Å²) < 4.78 is 0. The first-order valence-electron chi connectivity index (χ1n) is 4.86. The second-order valence-electron chi connectivity index (χ2n) is 3.75. The van der Waals surface area contributed by atoms with E-state index in [1.165, 1.54) is 16.8 Å². The van der Waals surface area contributed by atoms with Crippen LogP contribution >= 0.6 is 0 Å². The van der Waals surface area contributed by atoms with E-state index in [-0.39, 0.29) is 0 Å². The van der Waals surface area contributed by atoms with Gasteiger partial charge in [-0.25, -0.2) is 0 Å². The highest BCUT2D eigenvalue weighted by Crippen LogP contribution is 2.33. The minimum Gasteiger partial charge on any atom is -0.384 e. The van der Waals surface area contributed by atoms with Gasteiger partial charge in [-0.2, -0.15) is 0 Å². The first kappa shape index (κ1) is 8.57. The average Bonchev–Trinajstić information content (AvgIpc) is 2.49. The third-order valence-electron chi connectivity index (χ3n) is 2.70. The van der Waals surface area contributed by atoms with Gasteiger partial charge in [0.15, 0.2) is 0 Å². The Morgan fingerprint density at radius 1 is 1.54 bits per heavy atom. The zero-order valence-electron chi connectivity index (χ0n) is 8.01. The summed E-state index contributed by atoms with van der Waals surface area (Å²) in [6.45, 7) is 3.95. The predicted octanol–water partition coefficient (Wildman–Crippen LogP) is 1.85. The van der Waals surface area contributed by atoms with Gasteiger partial charge < -0.3 is 11.1 Å². The van der Waals surface area contributed by atoms with Gasteiger partial charge in [0.25, 0.3) is 0 Å². The Bertz CT molecular complexity index is 307. The predicted molar refractivity (Wildman–Crippen MR) is 56.1 cm³/mol. The lowest BCUT2D eigenvalue weighted by molar-refractivity contribution is 0.686. The number of fused-ring (bicyclic) bond motifs is 1. The van der Waals surface area contributed by atoms with Gasteiger partial charge in [-0.3, -0.25) is 0 Å². The Morgan fingerprint density at radius 3 is 3.15 bits per heavy atom. The maximum atomic E-state index is 5.57. The molecule has 0 aromatic heterocycles. The molecule has 2 heteroatoms. The molecule has 0 spiro atoms. The van der Waals surface area contributed by atoms with Crippen LogP contribution in [0.1, 0.15) is 23.5 Å². The number of anilines is 1. The lowest BCUT2D eigenvalue weighted by Gasteiger charge is -2.07. The van der Waals surface area contributed by atoms with Gasteiger partial charge in [-0.15, -0.1) is 0 Å². The third kappa shape index (κ3) is 1.54. The van der Waals surface area contributed by atoms with E-state index < -0.39 is 0 Å². The van der Waals surface area contributed by atoms with Crippen molar-refractivity contribution in [3.63, 3.8) is 0 Å². The van der Waals surface area contributed by atoms with Crippen LogP contribution in [0.2, 0.25) is 0 Å². The van der Waals surface area contributed by atoms with E-state index in [1.807, 2.05) is 0 Å². The fourth-order valence-corrected chi connectivity index (χ4v) is 1.98. The number of hydrogen-bond acceptors (Lipinski definition) is 2. The zero-order chi connectivity index (χ0) is 9.26. The molecule has 1 aromatic rings. The second kappa shape index (κ2) is 3.38. The van der Waals surface area contributed by atoms with Crippen molar-refractivity contribution >= 4 is 5.69 Å². The highest BCUT2D eigenvalue weighted by molar-refractivity contribution is 5.59. The molecule has 0 saturated heterocycles. The molecule has 2 rings (SSSR count). The van der Waals surface area contributed by atoms with E-state index in [0.717, 1.165) is 19.5 Å². The number of nitrogens with two attached hydrogens (primary N) is 1. The van der Waals surface area contributed by atoms with E-state index in [1.54, 1.807) is 0 Å². The molecular formula is C11H16N2. The van der Waals surface area contributed by atoms with Gasteiger partial charge in [0.05, 0.1) is 0 Å². The quantitative estimate of drug-likeness (QED) is 0.721. The number of nitrogens with one attached hydrogen (secondary N) is 1. The molecule has 0 bridgehead atoms. The normalized spacial score (nSPS) is 19.7. The number of hydrogen-bond donors (Lipinski definition) is 2. The molecule has 0 amide bonds. The Labute approximate surface area is 79.1 Å². The lowest BCUT2D eigenvalue weighted by Crippen LogP contribution is -2.08. The Balaban J connectivity index is 2.27. The summed E-state index contributed by atoms with van der Waals surface area (Å²) in [4.78, 5) is 0. The van der Waals surface area contributed by atoms with E-state index in [2.05, 4.69) is 30.4 Å². The van der Waals surface area contributed by atoms with Crippen LogP contribution in [0, 0.1) is 6.92 Å². The monoisotopic (exact) mass is 176 g/mol.